The van der Waals surface area contributed by atoms with Crippen molar-refractivity contribution in [2.45, 2.75) is 31.6 Å². The molecule has 1 amide bonds. The maximum absolute atomic E-state index is 13.3. The Morgan fingerprint density at radius 1 is 1.04 bits per heavy atom. The van der Waals surface area contributed by atoms with Crippen LogP contribution in [0.15, 0.2) is 68.4 Å². The highest BCUT2D eigenvalue weighted by Crippen LogP contribution is 2.50. The van der Waals surface area contributed by atoms with E-state index in [1.165, 1.54) is 16.7 Å². The zero-order valence-corrected chi connectivity index (χ0v) is 17.9. The Hall–Kier alpha value is -2.18. The van der Waals surface area contributed by atoms with Crippen molar-refractivity contribution in [1.82, 2.24) is 4.90 Å². The summed E-state index contributed by atoms with van der Waals surface area (Å²) in [4.78, 5) is 24.1. The first-order valence-corrected chi connectivity index (χ1v) is 11.1. The molecule has 0 aromatic heterocycles. The summed E-state index contributed by atoms with van der Waals surface area (Å²) in [5.41, 5.74) is 3.17. The average molecular weight is 410 g/mol. The van der Waals surface area contributed by atoms with Crippen molar-refractivity contribution in [3.63, 3.8) is 0 Å². The van der Waals surface area contributed by atoms with Crippen molar-refractivity contribution in [2.75, 3.05) is 18.5 Å². The third-order valence-electron chi connectivity index (χ3n) is 4.86. The van der Waals surface area contributed by atoms with Gasteiger partial charge < -0.3 is 4.90 Å². The maximum atomic E-state index is 13.3. The molecule has 6 heteroatoms. The molecule has 0 N–H and O–H groups in total. The number of carbonyl (C=O) groups is 1. The number of hydrogen-bond acceptors (Lipinski definition) is 5. The number of nitrogens with zero attached hydrogens (tertiary/aromatic N) is 3. The average Bonchev–Trinajstić information content (AvgIpc) is 3.19. The molecule has 0 bridgehead atoms. The standard InChI is InChI=1S/C22H23N3OS2/c1-4-5-14-25-20(26)19(21-24(3)17-12-8-9-13-18(17)27-21)28-22(25)23-16-11-7-6-10-15(16)2/h6-13H,4-5,14H2,1-3H3. The van der Waals surface area contributed by atoms with E-state index in [9.17, 15) is 4.79 Å². The van der Waals surface area contributed by atoms with Crippen LogP contribution >= 0.6 is 23.5 Å². The van der Waals surface area contributed by atoms with Gasteiger partial charge in [-0.3, -0.25) is 9.69 Å². The molecule has 0 atom stereocenters. The van der Waals surface area contributed by atoms with Gasteiger partial charge in [0, 0.05) is 18.5 Å². The van der Waals surface area contributed by atoms with Crippen LogP contribution in [-0.4, -0.2) is 29.6 Å². The van der Waals surface area contributed by atoms with E-state index in [2.05, 4.69) is 24.0 Å². The number of aryl methyl sites for hydroxylation is 1. The fourth-order valence-electron chi connectivity index (χ4n) is 3.22. The maximum Gasteiger partial charge on any atom is 0.269 e. The topological polar surface area (TPSA) is 35.9 Å². The Morgan fingerprint density at radius 2 is 1.79 bits per heavy atom. The van der Waals surface area contributed by atoms with Crippen molar-refractivity contribution in [3.05, 3.63) is 64.0 Å². The number of aliphatic imine (C=N–C) groups is 1. The van der Waals surface area contributed by atoms with Crippen molar-refractivity contribution in [2.24, 2.45) is 4.99 Å². The molecule has 1 fully saturated rings. The van der Waals surface area contributed by atoms with E-state index in [-0.39, 0.29) is 5.91 Å². The number of amidine groups is 1. The van der Waals surface area contributed by atoms with Gasteiger partial charge in [-0.1, -0.05) is 55.4 Å². The highest BCUT2D eigenvalue weighted by Gasteiger charge is 2.38. The summed E-state index contributed by atoms with van der Waals surface area (Å²) >= 11 is 3.16. The second kappa shape index (κ2) is 8.05. The van der Waals surface area contributed by atoms with Gasteiger partial charge in [-0.05, 0) is 48.9 Å². The minimum absolute atomic E-state index is 0.0629. The van der Waals surface area contributed by atoms with Crippen LogP contribution in [0.25, 0.3) is 0 Å². The van der Waals surface area contributed by atoms with E-state index in [0.717, 1.165) is 44.9 Å². The van der Waals surface area contributed by atoms with Crippen LogP contribution in [0.1, 0.15) is 25.3 Å². The van der Waals surface area contributed by atoms with Gasteiger partial charge in [0.05, 0.1) is 16.4 Å². The first-order chi connectivity index (χ1) is 13.6. The molecule has 2 aliphatic heterocycles. The summed E-state index contributed by atoms with van der Waals surface area (Å²) in [6, 6.07) is 16.3. The van der Waals surface area contributed by atoms with Crippen LogP contribution in [0.4, 0.5) is 11.4 Å². The fourth-order valence-corrected chi connectivity index (χ4v) is 5.59. The number of rotatable bonds is 4. The Kier molecular flexibility index (Phi) is 5.51. The number of para-hydroxylation sites is 2. The van der Waals surface area contributed by atoms with Gasteiger partial charge in [0.1, 0.15) is 4.91 Å². The predicted molar refractivity (Wildman–Crippen MR) is 120 cm³/mol. The number of anilines is 1. The van der Waals surface area contributed by atoms with Gasteiger partial charge in [-0.15, -0.1) is 0 Å². The van der Waals surface area contributed by atoms with Gasteiger partial charge in [-0.25, -0.2) is 4.99 Å². The summed E-state index contributed by atoms with van der Waals surface area (Å²) in [6.45, 7) is 4.89. The molecule has 2 aromatic carbocycles. The van der Waals surface area contributed by atoms with Crippen LogP contribution in [0, 0.1) is 6.92 Å². The SMILES string of the molecule is CCCCN1C(=O)C(=C2Sc3ccccc3N2C)SC1=Nc1ccccc1C. The molecular weight excluding hydrogens is 386 g/mol. The summed E-state index contributed by atoms with van der Waals surface area (Å²) in [7, 11) is 2.03. The highest BCUT2D eigenvalue weighted by atomic mass is 32.2. The lowest BCUT2D eigenvalue weighted by Gasteiger charge is -2.16. The third-order valence-corrected chi connectivity index (χ3v) is 7.29. The van der Waals surface area contributed by atoms with Gasteiger partial charge in [0.15, 0.2) is 5.17 Å². The molecule has 0 aliphatic carbocycles. The minimum Gasteiger partial charge on any atom is -0.337 e. The van der Waals surface area contributed by atoms with Crippen LogP contribution in [0.2, 0.25) is 0 Å². The fraction of sp³-hybridized carbons (Fsp3) is 0.273. The van der Waals surface area contributed by atoms with Crippen LogP contribution in [-0.2, 0) is 4.79 Å². The monoisotopic (exact) mass is 409 g/mol. The molecular formula is C22H23N3OS2. The molecule has 28 heavy (non-hydrogen) atoms. The van der Waals surface area contributed by atoms with Crippen molar-refractivity contribution in [3.8, 4) is 0 Å². The molecule has 144 valence electrons. The number of hydrogen-bond donors (Lipinski definition) is 0. The summed E-state index contributed by atoms with van der Waals surface area (Å²) in [5.74, 6) is 0.0629. The van der Waals surface area contributed by atoms with E-state index in [1.807, 2.05) is 55.3 Å². The molecule has 0 radical (unpaired) electrons. The van der Waals surface area contributed by atoms with Crippen molar-refractivity contribution < 1.29 is 4.79 Å². The normalized spacial score (nSPS) is 20.4. The Labute approximate surface area is 174 Å². The molecule has 2 heterocycles. The van der Waals surface area contributed by atoms with Gasteiger partial charge >= 0.3 is 0 Å². The quantitative estimate of drug-likeness (QED) is 0.601. The molecule has 0 unspecified atom stereocenters. The highest BCUT2D eigenvalue weighted by molar-refractivity contribution is 8.19. The summed E-state index contributed by atoms with van der Waals surface area (Å²) in [6.07, 6.45) is 2.00. The minimum atomic E-state index is 0.0629. The predicted octanol–water partition coefficient (Wildman–Crippen LogP) is 5.77. The first-order valence-electron chi connectivity index (χ1n) is 9.49. The summed E-state index contributed by atoms with van der Waals surface area (Å²) in [5, 5.41) is 1.77. The van der Waals surface area contributed by atoms with Crippen LogP contribution in [0.5, 0.6) is 0 Å². The van der Waals surface area contributed by atoms with E-state index >= 15 is 0 Å². The molecule has 4 rings (SSSR count). The molecule has 1 saturated heterocycles. The molecule has 2 aliphatic rings. The van der Waals surface area contributed by atoms with Crippen molar-refractivity contribution >= 4 is 46.0 Å². The lowest BCUT2D eigenvalue weighted by molar-refractivity contribution is -0.122. The Bertz CT molecular complexity index is 983. The van der Waals surface area contributed by atoms with Crippen molar-refractivity contribution in [1.29, 1.82) is 0 Å². The number of unbranched alkanes of at least 4 members (excludes halogenated alkanes) is 1. The van der Waals surface area contributed by atoms with E-state index in [1.54, 1.807) is 11.8 Å². The molecule has 0 spiro atoms. The first kappa shape index (κ1) is 19.2. The number of benzene rings is 2. The van der Waals surface area contributed by atoms with Gasteiger partial charge in [0.2, 0.25) is 0 Å². The zero-order chi connectivity index (χ0) is 19.7. The third kappa shape index (κ3) is 3.47. The lowest BCUT2D eigenvalue weighted by atomic mass is 10.2. The molecule has 2 aromatic rings. The number of thioether (sulfide) groups is 2. The summed E-state index contributed by atoms with van der Waals surface area (Å²) < 4.78 is 0. The largest absolute Gasteiger partial charge is 0.337 e. The smallest absolute Gasteiger partial charge is 0.269 e. The van der Waals surface area contributed by atoms with Gasteiger partial charge in [-0.2, -0.15) is 0 Å². The number of fused-ring (bicyclic) bond motifs is 1. The van der Waals surface area contributed by atoms with E-state index < -0.39 is 0 Å². The Balaban J connectivity index is 1.73. The van der Waals surface area contributed by atoms with Gasteiger partial charge in [0.25, 0.3) is 5.91 Å². The second-order valence-electron chi connectivity index (χ2n) is 6.86. The molecule has 4 nitrogen and oxygen atoms in total. The van der Waals surface area contributed by atoms with Crippen LogP contribution < -0.4 is 4.90 Å². The van der Waals surface area contributed by atoms with E-state index in [0.29, 0.717) is 6.54 Å². The number of carbonyl (C=O) groups excluding carboxylic acids is 1. The van der Waals surface area contributed by atoms with Crippen LogP contribution in [0.3, 0.4) is 0 Å². The second-order valence-corrected chi connectivity index (χ2v) is 8.86. The number of amides is 1. The molecule has 0 saturated carbocycles. The Morgan fingerprint density at radius 3 is 2.54 bits per heavy atom. The zero-order valence-electron chi connectivity index (χ0n) is 16.3. The van der Waals surface area contributed by atoms with E-state index in [4.69, 9.17) is 4.99 Å². The lowest BCUT2D eigenvalue weighted by Crippen LogP contribution is -2.30.